The predicted molar refractivity (Wildman–Crippen MR) is 104 cm³/mol. The van der Waals surface area contributed by atoms with Gasteiger partial charge in [-0.05, 0) is 66.9 Å². The number of ether oxygens (including phenoxy) is 2. The van der Waals surface area contributed by atoms with Crippen molar-refractivity contribution in [3.05, 3.63) is 59.2 Å². The fourth-order valence-corrected chi connectivity index (χ4v) is 2.07. The minimum Gasteiger partial charge on any atom is -0.482 e. The van der Waals surface area contributed by atoms with Gasteiger partial charge in [0.05, 0.1) is 13.3 Å². The molecule has 0 radical (unpaired) electrons. The van der Waals surface area contributed by atoms with E-state index >= 15 is 0 Å². The van der Waals surface area contributed by atoms with Crippen LogP contribution in [0, 0.1) is 13.8 Å². The first kappa shape index (κ1) is 20.6. The zero-order chi connectivity index (χ0) is 20.5. The molecule has 0 saturated heterocycles. The third-order valence-electron chi connectivity index (χ3n) is 3.82. The van der Waals surface area contributed by atoms with Crippen molar-refractivity contribution in [1.29, 1.82) is 0 Å². The zero-order valence-corrected chi connectivity index (χ0v) is 15.8. The van der Waals surface area contributed by atoms with Gasteiger partial charge in [-0.15, -0.1) is 0 Å². The summed E-state index contributed by atoms with van der Waals surface area (Å²) in [5, 5.41) is 6.27. The molecule has 0 aliphatic heterocycles. The van der Waals surface area contributed by atoms with E-state index in [-0.39, 0.29) is 6.61 Å². The zero-order valence-electron chi connectivity index (χ0n) is 15.8. The maximum atomic E-state index is 11.9. The molecule has 0 saturated carbocycles. The monoisotopic (exact) mass is 383 g/mol. The molecule has 2 amide bonds. The van der Waals surface area contributed by atoms with Gasteiger partial charge in [0.1, 0.15) is 5.75 Å². The lowest BCUT2D eigenvalue weighted by molar-refractivity contribution is -0.142. The molecule has 8 nitrogen and oxygen atoms in total. The lowest BCUT2D eigenvalue weighted by atomic mass is 10.1. The van der Waals surface area contributed by atoms with Gasteiger partial charge in [0.15, 0.2) is 6.61 Å². The van der Waals surface area contributed by atoms with E-state index in [1.54, 1.807) is 36.4 Å². The number of nitrogens with zero attached hydrogens (tertiary/aromatic N) is 1. The van der Waals surface area contributed by atoms with Gasteiger partial charge in [0.2, 0.25) is 0 Å². The Kier molecular flexibility index (Phi) is 7.27. The maximum Gasteiger partial charge on any atom is 0.343 e. The summed E-state index contributed by atoms with van der Waals surface area (Å²) in [6.07, 6.45) is 1.38. The highest BCUT2D eigenvalue weighted by molar-refractivity contribution is 6.39. The molecule has 0 aromatic heterocycles. The smallest absolute Gasteiger partial charge is 0.343 e. The normalized spacial score (nSPS) is 10.4. The van der Waals surface area contributed by atoms with E-state index < -0.39 is 17.8 Å². The van der Waals surface area contributed by atoms with Crippen LogP contribution in [0.2, 0.25) is 0 Å². The van der Waals surface area contributed by atoms with Gasteiger partial charge in [-0.1, -0.05) is 6.07 Å². The third-order valence-corrected chi connectivity index (χ3v) is 3.82. The number of nitrogens with one attached hydrogen (secondary N) is 2. The highest BCUT2D eigenvalue weighted by Crippen LogP contribution is 2.14. The number of hydrogen-bond acceptors (Lipinski definition) is 6. The van der Waals surface area contributed by atoms with E-state index in [2.05, 4.69) is 20.6 Å². The first-order valence-corrected chi connectivity index (χ1v) is 8.40. The standard InChI is InChI=1S/C20H21N3O5/c1-13-4-7-16(10-14(13)2)22-19(25)20(26)23-21-11-15-5-8-17(9-6-15)28-12-18(24)27-3/h4-11H,12H2,1-3H3,(H,22,25)(H,23,26)/b21-11-. The van der Waals surface area contributed by atoms with E-state index in [4.69, 9.17) is 4.74 Å². The van der Waals surface area contributed by atoms with Crippen molar-refractivity contribution in [2.45, 2.75) is 13.8 Å². The molecular weight excluding hydrogens is 362 g/mol. The summed E-state index contributed by atoms with van der Waals surface area (Å²) in [5.74, 6) is -1.69. The minimum absolute atomic E-state index is 0.185. The largest absolute Gasteiger partial charge is 0.482 e. The van der Waals surface area contributed by atoms with Crippen molar-refractivity contribution >= 4 is 29.7 Å². The molecule has 0 spiro atoms. The number of carbonyl (C=O) groups excluding carboxylic acids is 3. The van der Waals surface area contributed by atoms with Crippen LogP contribution in [-0.2, 0) is 19.1 Å². The number of methoxy groups -OCH3 is 1. The number of amides is 2. The van der Waals surface area contributed by atoms with Crippen molar-refractivity contribution in [2.75, 3.05) is 19.0 Å². The molecule has 0 atom stereocenters. The summed E-state index contributed by atoms with van der Waals surface area (Å²) in [7, 11) is 1.28. The highest BCUT2D eigenvalue weighted by atomic mass is 16.6. The maximum absolute atomic E-state index is 11.9. The van der Waals surface area contributed by atoms with E-state index in [1.165, 1.54) is 13.3 Å². The minimum atomic E-state index is -0.882. The van der Waals surface area contributed by atoms with Gasteiger partial charge in [0, 0.05) is 5.69 Å². The van der Waals surface area contributed by atoms with Crippen LogP contribution >= 0.6 is 0 Å². The van der Waals surface area contributed by atoms with Gasteiger partial charge >= 0.3 is 17.8 Å². The van der Waals surface area contributed by atoms with Gasteiger partial charge in [-0.2, -0.15) is 5.10 Å². The lowest BCUT2D eigenvalue weighted by Crippen LogP contribution is -2.32. The Balaban J connectivity index is 1.84. The van der Waals surface area contributed by atoms with E-state index in [1.807, 2.05) is 19.9 Å². The number of anilines is 1. The number of hydrogen-bond donors (Lipinski definition) is 2. The molecule has 146 valence electrons. The predicted octanol–water partition coefficient (Wildman–Crippen LogP) is 1.94. The molecule has 8 heteroatoms. The van der Waals surface area contributed by atoms with Crippen LogP contribution in [0.25, 0.3) is 0 Å². The van der Waals surface area contributed by atoms with Crippen LogP contribution in [0.1, 0.15) is 16.7 Å². The summed E-state index contributed by atoms with van der Waals surface area (Å²) in [6, 6.07) is 12.0. The molecule has 0 heterocycles. The second-order valence-electron chi connectivity index (χ2n) is 5.89. The summed E-state index contributed by atoms with van der Waals surface area (Å²) < 4.78 is 9.70. The molecule has 28 heavy (non-hydrogen) atoms. The fraction of sp³-hybridized carbons (Fsp3) is 0.200. The number of rotatable bonds is 6. The Hall–Kier alpha value is -3.68. The van der Waals surface area contributed by atoms with E-state index in [0.717, 1.165) is 11.1 Å². The molecule has 0 aliphatic carbocycles. The number of esters is 1. The Labute approximate surface area is 162 Å². The first-order chi connectivity index (χ1) is 13.4. The highest BCUT2D eigenvalue weighted by Gasteiger charge is 2.13. The first-order valence-electron chi connectivity index (χ1n) is 8.40. The molecule has 0 bridgehead atoms. The van der Waals surface area contributed by atoms with Gasteiger partial charge in [-0.25, -0.2) is 10.2 Å². The van der Waals surface area contributed by atoms with Gasteiger partial charge < -0.3 is 14.8 Å². The van der Waals surface area contributed by atoms with Crippen LogP contribution < -0.4 is 15.5 Å². The van der Waals surface area contributed by atoms with E-state index in [0.29, 0.717) is 17.0 Å². The van der Waals surface area contributed by atoms with Crippen molar-refractivity contribution < 1.29 is 23.9 Å². The van der Waals surface area contributed by atoms with Crippen LogP contribution in [0.4, 0.5) is 5.69 Å². The van der Waals surface area contributed by atoms with Crippen molar-refractivity contribution in [2.24, 2.45) is 5.10 Å². The Bertz CT molecular complexity index is 891. The summed E-state index contributed by atoms with van der Waals surface area (Å²) >= 11 is 0. The quantitative estimate of drug-likeness (QED) is 0.343. The van der Waals surface area contributed by atoms with E-state index in [9.17, 15) is 14.4 Å². The van der Waals surface area contributed by atoms with Crippen LogP contribution in [-0.4, -0.2) is 37.7 Å². The second kappa shape index (κ2) is 9.86. The van der Waals surface area contributed by atoms with Crippen LogP contribution in [0.3, 0.4) is 0 Å². The van der Waals surface area contributed by atoms with Crippen molar-refractivity contribution in [3.8, 4) is 5.75 Å². The molecule has 2 aromatic carbocycles. The van der Waals surface area contributed by atoms with Crippen LogP contribution in [0.15, 0.2) is 47.6 Å². The molecule has 2 N–H and O–H groups in total. The van der Waals surface area contributed by atoms with Crippen molar-refractivity contribution in [1.82, 2.24) is 5.43 Å². The molecule has 0 unspecified atom stereocenters. The lowest BCUT2D eigenvalue weighted by Gasteiger charge is -2.06. The molecule has 0 fully saturated rings. The fourth-order valence-electron chi connectivity index (χ4n) is 2.07. The van der Waals surface area contributed by atoms with Crippen LogP contribution in [0.5, 0.6) is 5.75 Å². The van der Waals surface area contributed by atoms with Gasteiger partial charge in [-0.3, -0.25) is 9.59 Å². The topological polar surface area (TPSA) is 106 Å². The second-order valence-corrected chi connectivity index (χ2v) is 5.89. The summed E-state index contributed by atoms with van der Waals surface area (Å²) in [4.78, 5) is 34.7. The number of hydrazone groups is 1. The van der Waals surface area contributed by atoms with Gasteiger partial charge in [0.25, 0.3) is 0 Å². The Morgan fingerprint density at radius 1 is 1.00 bits per heavy atom. The van der Waals surface area contributed by atoms with Crippen molar-refractivity contribution in [3.63, 3.8) is 0 Å². The number of carbonyl (C=O) groups is 3. The summed E-state index contributed by atoms with van der Waals surface area (Å²) in [5.41, 5.74) is 5.47. The Morgan fingerprint density at radius 2 is 1.71 bits per heavy atom. The number of benzene rings is 2. The molecular formula is C20H21N3O5. The third kappa shape index (κ3) is 6.24. The molecule has 2 aromatic rings. The summed E-state index contributed by atoms with van der Waals surface area (Å²) in [6.45, 7) is 3.69. The number of aryl methyl sites for hydroxylation is 2. The average molecular weight is 383 g/mol. The molecule has 2 rings (SSSR count). The SMILES string of the molecule is COC(=O)COc1ccc(/C=N\NC(=O)C(=O)Nc2ccc(C)c(C)c2)cc1. The average Bonchev–Trinajstić information content (AvgIpc) is 2.69. The molecule has 0 aliphatic rings. The Morgan fingerprint density at radius 3 is 2.36 bits per heavy atom.